The molecular weight excluding hydrogens is 199 g/mol. The molecule has 0 spiro atoms. The highest BCUT2D eigenvalue weighted by atomic mass is 35.5. The molecule has 0 nitrogen and oxygen atoms in total. The summed E-state index contributed by atoms with van der Waals surface area (Å²) >= 11 is 13.4. The van der Waals surface area contributed by atoms with Crippen molar-refractivity contribution in [2.75, 3.05) is 6.26 Å². The van der Waals surface area contributed by atoms with Gasteiger partial charge in [0.25, 0.3) is 0 Å². The standard InChI is InChI=1S/C8H8Cl2S/c1-5-3-6(9)8(10)7(4-5)11-2/h3-4H,1-2H3. The Hall–Kier alpha value is 0.150. The molecule has 0 aromatic heterocycles. The Kier molecular flexibility index (Phi) is 3.11. The molecule has 0 aliphatic heterocycles. The fourth-order valence-electron chi connectivity index (χ4n) is 0.841. The molecule has 0 saturated carbocycles. The third kappa shape index (κ3) is 2.05. The minimum Gasteiger partial charge on any atom is -0.128 e. The van der Waals surface area contributed by atoms with E-state index in [-0.39, 0.29) is 0 Å². The lowest BCUT2D eigenvalue weighted by Crippen LogP contribution is -1.78. The molecule has 0 N–H and O–H groups in total. The van der Waals surface area contributed by atoms with E-state index in [1.165, 1.54) is 0 Å². The molecule has 0 bridgehead atoms. The maximum Gasteiger partial charge on any atom is 0.0728 e. The Morgan fingerprint density at radius 2 is 1.91 bits per heavy atom. The summed E-state index contributed by atoms with van der Waals surface area (Å²) in [4.78, 5) is 1.04. The van der Waals surface area contributed by atoms with Gasteiger partial charge in [0.1, 0.15) is 0 Å². The van der Waals surface area contributed by atoms with Crippen molar-refractivity contribution >= 4 is 35.0 Å². The Bertz CT molecular complexity index is 271. The molecule has 0 aliphatic rings. The zero-order valence-electron chi connectivity index (χ0n) is 6.32. The van der Waals surface area contributed by atoms with Crippen molar-refractivity contribution in [1.29, 1.82) is 0 Å². The second-order valence-electron chi connectivity index (χ2n) is 2.26. The Morgan fingerprint density at radius 1 is 1.27 bits per heavy atom. The van der Waals surface area contributed by atoms with Crippen LogP contribution in [0.3, 0.4) is 0 Å². The summed E-state index contributed by atoms with van der Waals surface area (Å²) in [6, 6.07) is 3.89. The van der Waals surface area contributed by atoms with Crippen LogP contribution in [-0.2, 0) is 0 Å². The summed E-state index contributed by atoms with van der Waals surface area (Å²) in [6.07, 6.45) is 1.98. The lowest BCUT2D eigenvalue weighted by atomic mass is 10.2. The molecular formula is C8H8Cl2S. The number of aryl methyl sites for hydroxylation is 1. The molecule has 0 radical (unpaired) electrons. The van der Waals surface area contributed by atoms with Gasteiger partial charge < -0.3 is 0 Å². The molecule has 11 heavy (non-hydrogen) atoms. The van der Waals surface area contributed by atoms with E-state index >= 15 is 0 Å². The fourth-order valence-corrected chi connectivity index (χ4v) is 2.10. The molecule has 0 heterocycles. The number of halogens is 2. The van der Waals surface area contributed by atoms with Gasteiger partial charge in [-0.05, 0) is 30.9 Å². The predicted octanol–water partition coefficient (Wildman–Crippen LogP) is 4.02. The van der Waals surface area contributed by atoms with Gasteiger partial charge in [0, 0.05) is 4.90 Å². The van der Waals surface area contributed by atoms with Gasteiger partial charge in [-0.1, -0.05) is 23.2 Å². The fraction of sp³-hybridized carbons (Fsp3) is 0.250. The molecule has 3 heteroatoms. The van der Waals surface area contributed by atoms with Crippen LogP contribution in [0.4, 0.5) is 0 Å². The maximum absolute atomic E-state index is 5.91. The van der Waals surface area contributed by atoms with E-state index in [1.807, 2.05) is 25.3 Å². The van der Waals surface area contributed by atoms with Crippen molar-refractivity contribution < 1.29 is 0 Å². The first-order valence-electron chi connectivity index (χ1n) is 3.15. The maximum atomic E-state index is 5.91. The average molecular weight is 207 g/mol. The summed E-state index contributed by atoms with van der Waals surface area (Å²) in [5.74, 6) is 0. The van der Waals surface area contributed by atoms with Crippen molar-refractivity contribution in [2.24, 2.45) is 0 Å². The first-order valence-corrected chi connectivity index (χ1v) is 5.13. The van der Waals surface area contributed by atoms with Crippen molar-refractivity contribution in [1.82, 2.24) is 0 Å². The van der Waals surface area contributed by atoms with E-state index in [9.17, 15) is 0 Å². The van der Waals surface area contributed by atoms with Crippen LogP contribution in [0.25, 0.3) is 0 Å². The van der Waals surface area contributed by atoms with Crippen LogP contribution in [0.15, 0.2) is 17.0 Å². The summed E-state index contributed by atoms with van der Waals surface area (Å²) in [7, 11) is 0. The summed E-state index contributed by atoms with van der Waals surface area (Å²) in [5.41, 5.74) is 1.14. The Balaban J connectivity index is 3.24. The minimum absolute atomic E-state index is 0.635. The van der Waals surface area contributed by atoms with Crippen LogP contribution in [-0.4, -0.2) is 6.26 Å². The molecule has 0 saturated heterocycles. The summed E-state index contributed by atoms with van der Waals surface area (Å²) in [6.45, 7) is 2.00. The topological polar surface area (TPSA) is 0 Å². The van der Waals surface area contributed by atoms with Crippen molar-refractivity contribution in [2.45, 2.75) is 11.8 Å². The number of hydrogen-bond donors (Lipinski definition) is 0. The molecule has 1 rings (SSSR count). The van der Waals surface area contributed by atoms with Gasteiger partial charge in [0.05, 0.1) is 10.0 Å². The van der Waals surface area contributed by atoms with Gasteiger partial charge in [-0.3, -0.25) is 0 Å². The molecule has 1 aromatic rings. The van der Waals surface area contributed by atoms with Gasteiger partial charge >= 0.3 is 0 Å². The van der Waals surface area contributed by atoms with E-state index in [0.29, 0.717) is 10.0 Å². The quantitative estimate of drug-likeness (QED) is 0.626. The highest BCUT2D eigenvalue weighted by Gasteiger charge is 2.03. The van der Waals surface area contributed by atoms with Gasteiger partial charge in [0.15, 0.2) is 0 Å². The molecule has 60 valence electrons. The van der Waals surface area contributed by atoms with Gasteiger partial charge in [-0.2, -0.15) is 0 Å². The van der Waals surface area contributed by atoms with E-state index < -0.39 is 0 Å². The van der Waals surface area contributed by atoms with Crippen LogP contribution >= 0.6 is 35.0 Å². The first-order chi connectivity index (χ1) is 5.15. The van der Waals surface area contributed by atoms with Crippen LogP contribution < -0.4 is 0 Å². The number of rotatable bonds is 1. The second kappa shape index (κ2) is 3.70. The highest BCUT2D eigenvalue weighted by molar-refractivity contribution is 7.98. The van der Waals surface area contributed by atoms with Crippen LogP contribution in [0.1, 0.15) is 5.56 Å². The van der Waals surface area contributed by atoms with Gasteiger partial charge in [-0.25, -0.2) is 0 Å². The van der Waals surface area contributed by atoms with Crippen LogP contribution in [0, 0.1) is 6.92 Å². The van der Waals surface area contributed by atoms with Crippen LogP contribution in [0.2, 0.25) is 10.0 Å². The zero-order valence-corrected chi connectivity index (χ0v) is 8.65. The van der Waals surface area contributed by atoms with Crippen molar-refractivity contribution in [3.05, 3.63) is 27.7 Å². The molecule has 0 aliphatic carbocycles. The third-order valence-electron chi connectivity index (χ3n) is 1.36. The van der Waals surface area contributed by atoms with Crippen molar-refractivity contribution in [3.63, 3.8) is 0 Å². The summed E-state index contributed by atoms with van der Waals surface area (Å²) in [5, 5.41) is 1.29. The first kappa shape index (κ1) is 9.24. The Morgan fingerprint density at radius 3 is 2.45 bits per heavy atom. The SMILES string of the molecule is CSc1cc(C)cc(Cl)c1Cl. The zero-order chi connectivity index (χ0) is 8.43. The molecule has 0 fully saturated rings. The van der Waals surface area contributed by atoms with E-state index in [4.69, 9.17) is 23.2 Å². The highest BCUT2D eigenvalue weighted by Crippen LogP contribution is 2.32. The van der Waals surface area contributed by atoms with Crippen molar-refractivity contribution in [3.8, 4) is 0 Å². The summed E-state index contributed by atoms with van der Waals surface area (Å²) < 4.78 is 0. The third-order valence-corrected chi connectivity index (χ3v) is 3.03. The lowest BCUT2D eigenvalue weighted by molar-refractivity contribution is 1.36. The lowest BCUT2D eigenvalue weighted by Gasteiger charge is -2.03. The second-order valence-corrected chi connectivity index (χ2v) is 3.90. The van der Waals surface area contributed by atoms with E-state index in [2.05, 4.69) is 0 Å². The Labute approximate surface area is 80.9 Å². The average Bonchev–Trinajstić information content (AvgIpc) is 1.96. The molecule has 0 atom stereocenters. The van der Waals surface area contributed by atoms with E-state index in [1.54, 1.807) is 11.8 Å². The number of thioether (sulfide) groups is 1. The minimum atomic E-state index is 0.635. The normalized spacial score (nSPS) is 10.2. The van der Waals surface area contributed by atoms with Gasteiger partial charge in [-0.15, -0.1) is 11.8 Å². The predicted molar refractivity (Wildman–Crippen MR) is 53.0 cm³/mol. The number of hydrogen-bond acceptors (Lipinski definition) is 1. The smallest absolute Gasteiger partial charge is 0.0728 e. The molecule has 0 amide bonds. The van der Waals surface area contributed by atoms with Gasteiger partial charge in [0.2, 0.25) is 0 Å². The number of benzene rings is 1. The molecule has 0 unspecified atom stereocenters. The molecule has 1 aromatic carbocycles. The van der Waals surface area contributed by atoms with E-state index in [0.717, 1.165) is 10.5 Å². The van der Waals surface area contributed by atoms with Crippen LogP contribution in [0.5, 0.6) is 0 Å². The monoisotopic (exact) mass is 206 g/mol. The largest absolute Gasteiger partial charge is 0.128 e.